The van der Waals surface area contributed by atoms with E-state index in [4.69, 9.17) is 24.7 Å². The van der Waals surface area contributed by atoms with Gasteiger partial charge in [0.15, 0.2) is 0 Å². The molecule has 1 aromatic carbocycles. The first-order valence-electron chi connectivity index (χ1n) is 11.6. The van der Waals surface area contributed by atoms with E-state index < -0.39 is 0 Å². The van der Waals surface area contributed by atoms with E-state index in [2.05, 4.69) is 44.7 Å². The molecule has 0 bridgehead atoms. The largest absolute Gasteiger partial charge is 0.497 e. The highest BCUT2D eigenvalue weighted by atomic mass is 16.5. The van der Waals surface area contributed by atoms with E-state index in [-0.39, 0.29) is 0 Å². The fourth-order valence-electron chi connectivity index (χ4n) is 2.88. The van der Waals surface area contributed by atoms with Crippen LogP contribution in [0.3, 0.4) is 0 Å². The van der Waals surface area contributed by atoms with Gasteiger partial charge in [-0.05, 0) is 30.0 Å². The van der Waals surface area contributed by atoms with Gasteiger partial charge in [-0.1, -0.05) is 13.8 Å². The van der Waals surface area contributed by atoms with Crippen molar-refractivity contribution in [3.8, 4) is 11.5 Å². The van der Waals surface area contributed by atoms with Crippen LogP contribution in [0.15, 0.2) is 18.2 Å². The minimum atomic E-state index is 0.461. The molecule has 0 amide bonds. The van der Waals surface area contributed by atoms with Crippen LogP contribution in [0, 0.1) is 5.92 Å². The van der Waals surface area contributed by atoms with Gasteiger partial charge in [0.1, 0.15) is 11.5 Å². The predicted molar refractivity (Wildman–Crippen MR) is 134 cm³/mol. The smallest absolute Gasteiger partial charge is 0.229 e. The lowest BCUT2D eigenvalue weighted by molar-refractivity contribution is 0.0547. The summed E-state index contributed by atoms with van der Waals surface area (Å²) in [5.41, 5.74) is 6.37. The van der Waals surface area contributed by atoms with E-state index in [9.17, 15) is 0 Å². The maximum absolute atomic E-state index is 5.55. The summed E-state index contributed by atoms with van der Waals surface area (Å²) >= 11 is 0. The van der Waals surface area contributed by atoms with Crippen molar-refractivity contribution >= 4 is 17.8 Å². The van der Waals surface area contributed by atoms with Crippen LogP contribution in [-0.2, 0) is 16.0 Å². The molecule has 0 radical (unpaired) electrons. The molecule has 0 atom stereocenters. The normalized spacial score (nSPS) is 10.9. The number of nitrogens with zero attached hydrogens (tertiary/aromatic N) is 3. The molecular formula is C23H39N7O4. The molecule has 1 heterocycles. The Morgan fingerprint density at radius 1 is 0.765 bits per heavy atom. The average molecular weight is 478 g/mol. The molecular weight excluding hydrogens is 438 g/mol. The molecule has 2 rings (SSSR count). The minimum absolute atomic E-state index is 0.461. The number of rotatable bonds is 18. The molecule has 2 aromatic rings. The Balaban J connectivity index is 1.97. The summed E-state index contributed by atoms with van der Waals surface area (Å²) in [5.74, 6) is 3.47. The molecule has 34 heavy (non-hydrogen) atoms. The van der Waals surface area contributed by atoms with Gasteiger partial charge < -0.3 is 40.6 Å². The van der Waals surface area contributed by atoms with Gasteiger partial charge in [-0.3, -0.25) is 0 Å². The minimum Gasteiger partial charge on any atom is -0.497 e. The third-order valence-corrected chi connectivity index (χ3v) is 4.67. The summed E-state index contributed by atoms with van der Waals surface area (Å²) in [5, 5.41) is 9.74. The zero-order valence-electron chi connectivity index (χ0n) is 20.7. The Morgan fingerprint density at radius 3 is 1.88 bits per heavy atom. The second-order valence-electron chi connectivity index (χ2n) is 7.93. The quantitative estimate of drug-likeness (QED) is 0.235. The maximum Gasteiger partial charge on any atom is 0.229 e. The molecule has 0 aliphatic rings. The first-order valence-corrected chi connectivity index (χ1v) is 11.6. The average Bonchev–Trinajstić information content (AvgIpc) is 2.84. The highest BCUT2D eigenvalue weighted by molar-refractivity contribution is 5.44. The van der Waals surface area contributed by atoms with Crippen molar-refractivity contribution in [1.29, 1.82) is 0 Å². The zero-order chi connectivity index (χ0) is 24.6. The van der Waals surface area contributed by atoms with Gasteiger partial charge in [-0.2, -0.15) is 15.0 Å². The van der Waals surface area contributed by atoms with Crippen molar-refractivity contribution in [3.05, 3.63) is 23.8 Å². The predicted octanol–water partition coefficient (Wildman–Crippen LogP) is 2.36. The first kappa shape index (κ1) is 27.4. The van der Waals surface area contributed by atoms with Gasteiger partial charge in [0.05, 0.1) is 40.6 Å². The van der Waals surface area contributed by atoms with Crippen molar-refractivity contribution in [2.75, 3.05) is 76.2 Å². The fourth-order valence-corrected chi connectivity index (χ4v) is 2.88. The monoisotopic (exact) mass is 477 g/mol. The van der Waals surface area contributed by atoms with Crippen LogP contribution in [0.2, 0.25) is 0 Å². The molecule has 0 fully saturated rings. The summed E-state index contributed by atoms with van der Waals surface area (Å²) in [6.45, 7) is 8.77. The number of benzene rings is 1. The highest BCUT2D eigenvalue weighted by Gasteiger charge is 2.08. The Labute approximate surface area is 202 Å². The van der Waals surface area contributed by atoms with Crippen molar-refractivity contribution in [1.82, 2.24) is 15.0 Å². The summed E-state index contributed by atoms with van der Waals surface area (Å²) in [6, 6.07) is 5.70. The van der Waals surface area contributed by atoms with Crippen LogP contribution in [0.4, 0.5) is 17.8 Å². The number of aromatic nitrogens is 3. The number of nitrogens with one attached hydrogen (secondary N) is 3. The molecule has 5 N–H and O–H groups in total. The highest BCUT2D eigenvalue weighted by Crippen LogP contribution is 2.23. The van der Waals surface area contributed by atoms with Gasteiger partial charge in [0.25, 0.3) is 0 Å². The summed E-state index contributed by atoms with van der Waals surface area (Å²) in [6.07, 6.45) is 1.01. The Kier molecular flexibility index (Phi) is 12.8. The molecule has 190 valence electrons. The molecule has 0 aliphatic carbocycles. The standard InChI is InChI=1S/C23H39N7O4/c1-17(2)5-7-25-21-28-22(26-8-10-34-12-11-33-9-6-24)30-23(29-21)27-16-18-13-19(31-3)15-20(14-18)32-4/h13-15,17H,5-12,16,24H2,1-4H3,(H3,25,26,27,28,29,30). The molecule has 0 aliphatic heterocycles. The second kappa shape index (κ2) is 15.9. The molecule has 11 heteroatoms. The summed E-state index contributed by atoms with van der Waals surface area (Å²) in [7, 11) is 3.25. The second-order valence-corrected chi connectivity index (χ2v) is 7.93. The number of hydrogen-bond donors (Lipinski definition) is 4. The van der Waals surface area contributed by atoms with Crippen molar-refractivity contribution < 1.29 is 18.9 Å². The SMILES string of the molecule is COc1cc(CNc2nc(NCCOCCOCCN)nc(NCCC(C)C)n2)cc(OC)c1. The van der Waals surface area contributed by atoms with Crippen LogP contribution < -0.4 is 31.2 Å². The van der Waals surface area contributed by atoms with Gasteiger partial charge in [0.2, 0.25) is 17.8 Å². The lowest BCUT2D eigenvalue weighted by Gasteiger charge is -2.13. The van der Waals surface area contributed by atoms with E-state index in [0.717, 1.165) is 30.0 Å². The molecule has 0 unspecified atom stereocenters. The van der Waals surface area contributed by atoms with Gasteiger partial charge >= 0.3 is 0 Å². The van der Waals surface area contributed by atoms with E-state index in [1.165, 1.54) is 0 Å². The van der Waals surface area contributed by atoms with Crippen LogP contribution in [-0.4, -0.2) is 75.2 Å². The summed E-state index contributed by atoms with van der Waals surface area (Å²) in [4.78, 5) is 13.5. The lowest BCUT2D eigenvalue weighted by atomic mass is 10.1. The van der Waals surface area contributed by atoms with E-state index in [1.54, 1.807) is 14.2 Å². The molecule has 0 saturated carbocycles. The topological polar surface area (TPSA) is 138 Å². The Morgan fingerprint density at radius 2 is 1.32 bits per heavy atom. The van der Waals surface area contributed by atoms with E-state index in [0.29, 0.717) is 69.8 Å². The third kappa shape index (κ3) is 10.8. The van der Waals surface area contributed by atoms with Gasteiger partial charge in [0, 0.05) is 32.2 Å². The van der Waals surface area contributed by atoms with Gasteiger partial charge in [-0.25, -0.2) is 0 Å². The fraction of sp³-hybridized carbons (Fsp3) is 0.609. The third-order valence-electron chi connectivity index (χ3n) is 4.67. The lowest BCUT2D eigenvalue weighted by Crippen LogP contribution is -2.17. The zero-order valence-corrected chi connectivity index (χ0v) is 20.7. The van der Waals surface area contributed by atoms with Crippen molar-refractivity contribution in [2.45, 2.75) is 26.8 Å². The maximum atomic E-state index is 5.55. The number of nitrogens with two attached hydrogens (primary N) is 1. The molecule has 11 nitrogen and oxygen atoms in total. The van der Waals surface area contributed by atoms with E-state index >= 15 is 0 Å². The Bertz CT molecular complexity index is 817. The van der Waals surface area contributed by atoms with Gasteiger partial charge in [-0.15, -0.1) is 0 Å². The van der Waals surface area contributed by atoms with Crippen LogP contribution in [0.5, 0.6) is 11.5 Å². The molecule has 0 saturated heterocycles. The van der Waals surface area contributed by atoms with Crippen molar-refractivity contribution in [2.24, 2.45) is 11.7 Å². The number of methoxy groups -OCH3 is 2. The molecule has 0 spiro atoms. The van der Waals surface area contributed by atoms with Crippen LogP contribution in [0.1, 0.15) is 25.8 Å². The van der Waals surface area contributed by atoms with Crippen LogP contribution in [0.25, 0.3) is 0 Å². The first-order chi connectivity index (χ1) is 16.5. The number of anilines is 3. The van der Waals surface area contributed by atoms with E-state index in [1.807, 2.05) is 18.2 Å². The summed E-state index contributed by atoms with van der Waals surface area (Å²) < 4.78 is 21.5. The van der Waals surface area contributed by atoms with Crippen LogP contribution >= 0.6 is 0 Å². The number of hydrogen-bond acceptors (Lipinski definition) is 11. The molecule has 1 aromatic heterocycles. The Hall–Kier alpha value is -2.89. The van der Waals surface area contributed by atoms with Crippen molar-refractivity contribution in [3.63, 3.8) is 0 Å². The number of ether oxygens (including phenoxy) is 4.